The topological polar surface area (TPSA) is 54.5 Å². The molecule has 1 aromatic rings. The van der Waals surface area contributed by atoms with Gasteiger partial charge in [-0.2, -0.15) is 0 Å². The summed E-state index contributed by atoms with van der Waals surface area (Å²) in [7, 11) is -3.12. The Morgan fingerprint density at radius 3 is 2.31 bits per heavy atom. The van der Waals surface area contributed by atoms with E-state index in [2.05, 4.69) is 0 Å². The first kappa shape index (κ1) is 11.1. The lowest BCUT2D eigenvalue weighted by Gasteiger charge is -2.16. The first-order valence-corrected chi connectivity index (χ1v) is 6.73. The molecule has 16 heavy (non-hydrogen) atoms. The summed E-state index contributed by atoms with van der Waals surface area (Å²) in [5, 5.41) is 0. The molecule has 0 aromatic heterocycles. The second kappa shape index (κ2) is 3.90. The number of nitrogens with zero attached hydrogens (tertiary/aromatic N) is 1. The van der Waals surface area contributed by atoms with Gasteiger partial charge in [-0.25, -0.2) is 8.42 Å². The lowest BCUT2D eigenvalue weighted by atomic mass is 10.1. The zero-order valence-electron chi connectivity index (χ0n) is 9.01. The second-order valence-electron chi connectivity index (χ2n) is 3.84. The zero-order valence-corrected chi connectivity index (χ0v) is 9.83. The van der Waals surface area contributed by atoms with Gasteiger partial charge in [-0.3, -0.25) is 9.10 Å². The summed E-state index contributed by atoms with van der Waals surface area (Å²) in [4.78, 5) is 11.1. The molecule has 0 N–H and O–H groups in total. The summed E-state index contributed by atoms with van der Waals surface area (Å²) in [6, 6.07) is 6.68. The Hall–Kier alpha value is -1.36. The fourth-order valence-electron chi connectivity index (χ4n) is 1.79. The normalized spacial score (nSPS) is 18.7. The number of carbonyl (C=O) groups excluding carboxylic acids is 1. The van der Waals surface area contributed by atoms with Crippen LogP contribution in [0, 0.1) is 0 Å². The van der Waals surface area contributed by atoms with Crippen molar-refractivity contribution in [2.75, 3.05) is 16.6 Å². The van der Waals surface area contributed by atoms with Gasteiger partial charge in [0.05, 0.1) is 11.4 Å². The van der Waals surface area contributed by atoms with E-state index in [4.69, 9.17) is 0 Å². The van der Waals surface area contributed by atoms with Crippen molar-refractivity contribution in [3.63, 3.8) is 0 Å². The van der Waals surface area contributed by atoms with E-state index >= 15 is 0 Å². The maximum absolute atomic E-state index is 11.6. The van der Waals surface area contributed by atoms with Gasteiger partial charge in [-0.15, -0.1) is 0 Å². The molecule has 1 fully saturated rings. The molecule has 0 spiro atoms. The molecule has 1 saturated heterocycles. The van der Waals surface area contributed by atoms with Crippen molar-refractivity contribution in [2.45, 2.75) is 13.3 Å². The highest BCUT2D eigenvalue weighted by molar-refractivity contribution is 7.93. The fourth-order valence-corrected chi connectivity index (χ4v) is 3.36. The van der Waals surface area contributed by atoms with E-state index < -0.39 is 10.0 Å². The summed E-state index contributed by atoms with van der Waals surface area (Å²) in [6.07, 6.45) is 0.663. The van der Waals surface area contributed by atoms with Crippen molar-refractivity contribution in [2.24, 2.45) is 0 Å². The van der Waals surface area contributed by atoms with E-state index in [0.717, 1.165) is 0 Å². The molecule has 4 nitrogen and oxygen atoms in total. The van der Waals surface area contributed by atoms with Gasteiger partial charge in [0.1, 0.15) is 0 Å². The van der Waals surface area contributed by atoms with Crippen LogP contribution in [-0.2, 0) is 10.0 Å². The van der Waals surface area contributed by atoms with E-state index in [1.807, 2.05) is 0 Å². The third kappa shape index (κ3) is 1.95. The average molecular weight is 239 g/mol. The molecule has 0 radical (unpaired) electrons. The minimum absolute atomic E-state index is 0.0178. The van der Waals surface area contributed by atoms with Gasteiger partial charge in [0.2, 0.25) is 10.0 Å². The first-order chi connectivity index (χ1) is 7.50. The molecule has 2 rings (SSSR count). The number of rotatable bonds is 2. The molecule has 1 heterocycles. The van der Waals surface area contributed by atoms with Crippen LogP contribution in [0.5, 0.6) is 0 Å². The van der Waals surface area contributed by atoms with Crippen LogP contribution < -0.4 is 4.31 Å². The van der Waals surface area contributed by atoms with Crippen molar-refractivity contribution in [3.8, 4) is 0 Å². The predicted octanol–water partition coefficient (Wildman–Crippen LogP) is 1.43. The first-order valence-electron chi connectivity index (χ1n) is 5.12. The maximum atomic E-state index is 11.6. The van der Waals surface area contributed by atoms with E-state index in [1.165, 1.54) is 11.2 Å². The summed E-state index contributed by atoms with van der Waals surface area (Å²) in [6.45, 7) is 2.02. The number of benzene rings is 1. The fraction of sp³-hybridized carbons (Fsp3) is 0.364. The van der Waals surface area contributed by atoms with Crippen LogP contribution in [-0.4, -0.2) is 26.5 Å². The lowest BCUT2D eigenvalue weighted by molar-refractivity contribution is 0.101. The van der Waals surface area contributed by atoms with Crippen LogP contribution in [0.1, 0.15) is 23.7 Å². The Balaban J connectivity index is 2.32. The monoisotopic (exact) mass is 239 g/mol. The van der Waals surface area contributed by atoms with Crippen LogP contribution in [0.2, 0.25) is 0 Å². The van der Waals surface area contributed by atoms with E-state index in [9.17, 15) is 13.2 Å². The highest BCUT2D eigenvalue weighted by Gasteiger charge is 2.28. The molecule has 0 bridgehead atoms. The van der Waals surface area contributed by atoms with Crippen LogP contribution in [0.4, 0.5) is 5.69 Å². The van der Waals surface area contributed by atoms with Crippen LogP contribution in [0.3, 0.4) is 0 Å². The van der Waals surface area contributed by atoms with E-state index in [1.54, 1.807) is 24.3 Å². The molecule has 0 unspecified atom stereocenters. The maximum Gasteiger partial charge on any atom is 0.235 e. The zero-order chi connectivity index (χ0) is 11.8. The van der Waals surface area contributed by atoms with Gasteiger partial charge in [0.15, 0.2) is 5.78 Å². The Labute approximate surface area is 94.9 Å². The number of hydrogen-bond donors (Lipinski definition) is 0. The molecule has 1 aliphatic heterocycles. The van der Waals surface area contributed by atoms with Crippen molar-refractivity contribution in [1.82, 2.24) is 0 Å². The average Bonchev–Trinajstić information content (AvgIpc) is 2.58. The van der Waals surface area contributed by atoms with E-state index in [-0.39, 0.29) is 11.5 Å². The van der Waals surface area contributed by atoms with Gasteiger partial charge in [0.25, 0.3) is 0 Å². The summed E-state index contributed by atoms with van der Waals surface area (Å²) in [5.41, 5.74) is 1.24. The molecule has 1 aromatic carbocycles. The number of ketones is 1. The van der Waals surface area contributed by atoms with Crippen molar-refractivity contribution in [1.29, 1.82) is 0 Å². The summed E-state index contributed by atoms with van der Waals surface area (Å²) < 4.78 is 24.7. The van der Waals surface area contributed by atoms with Crippen molar-refractivity contribution in [3.05, 3.63) is 29.8 Å². The third-order valence-electron chi connectivity index (χ3n) is 2.66. The quantitative estimate of drug-likeness (QED) is 0.734. The van der Waals surface area contributed by atoms with Gasteiger partial charge in [-0.05, 0) is 37.6 Å². The highest BCUT2D eigenvalue weighted by atomic mass is 32.2. The molecule has 1 aliphatic rings. The lowest BCUT2D eigenvalue weighted by Crippen LogP contribution is -2.24. The molecule has 0 atom stereocenters. The van der Waals surface area contributed by atoms with Crippen LogP contribution >= 0.6 is 0 Å². The standard InChI is InChI=1S/C11H13NO3S/c1-9(13)10-3-5-11(6-4-10)12-7-2-8-16(12,14)15/h3-6H,2,7-8H2,1H3. The molecular formula is C11H13NO3S. The Kier molecular flexibility index (Phi) is 2.71. The minimum Gasteiger partial charge on any atom is -0.295 e. The van der Waals surface area contributed by atoms with Crippen molar-refractivity contribution >= 4 is 21.5 Å². The molecule has 0 saturated carbocycles. The predicted molar refractivity (Wildman–Crippen MR) is 62.2 cm³/mol. The molecular weight excluding hydrogens is 226 g/mol. The smallest absolute Gasteiger partial charge is 0.235 e. The van der Waals surface area contributed by atoms with Gasteiger partial charge in [0, 0.05) is 12.1 Å². The SMILES string of the molecule is CC(=O)c1ccc(N2CCCS2(=O)=O)cc1. The molecule has 0 aliphatic carbocycles. The Morgan fingerprint density at radius 2 is 1.88 bits per heavy atom. The largest absolute Gasteiger partial charge is 0.295 e. The second-order valence-corrected chi connectivity index (χ2v) is 5.86. The molecule has 5 heteroatoms. The van der Waals surface area contributed by atoms with Crippen molar-refractivity contribution < 1.29 is 13.2 Å². The van der Waals surface area contributed by atoms with E-state index in [0.29, 0.717) is 24.2 Å². The minimum atomic E-state index is -3.12. The number of anilines is 1. The van der Waals surface area contributed by atoms with Gasteiger partial charge >= 0.3 is 0 Å². The Bertz CT molecular complexity index is 505. The molecule has 0 amide bonds. The third-order valence-corrected chi connectivity index (χ3v) is 4.53. The summed E-state index contributed by atoms with van der Waals surface area (Å²) in [5.74, 6) is 0.192. The number of carbonyl (C=O) groups is 1. The van der Waals surface area contributed by atoms with Crippen LogP contribution in [0.25, 0.3) is 0 Å². The number of Topliss-reactive ketones (excluding diaryl/α,β-unsaturated/α-hetero) is 1. The van der Waals surface area contributed by atoms with Gasteiger partial charge < -0.3 is 0 Å². The summed E-state index contributed by atoms with van der Waals surface area (Å²) >= 11 is 0. The number of hydrogen-bond acceptors (Lipinski definition) is 3. The Morgan fingerprint density at radius 1 is 1.25 bits per heavy atom. The van der Waals surface area contributed by atoms with Crippen LogP contribution in [0.15, 0.2) is 24.3 Å². The number of sulfonamides is 1. The molecule has 86 valence electrons. The van der Waals surface area contributed by atoms with Gasteiger partial charge in [-0.1, -0.05) is 0 Å². The highest BCUT2D eigenvalue weighted by Crippen LogP contribution is 2.24.